The van der Waals surface area contributed by atoms with Crippen LogP contribution in [0.2, 0.25) is 0 Å². The molecule has 0 unspecified atom stereocenters. The molecule has 1 aromatic heterocycles. The molecule has 13 rings (SSSR count). The lowest BCUT2D eigenvalue weighted by Gasteiger charge is -2.44. The van der Waals surface area contributed by atoms with E-state index in [2.05, 4.69) is 296 Å². The fourth-order valence-corrected chi connectivity index (χ4v) is 14.2. The average Bonchev–Trinajstić information content (AvgIpc) is 2.02. The topological polar surface area (TPSA) is 6.48 Å². The summed E-state index contributed by atoms with van der Waals surface area (Å²) in [7, 11) is 0. The van der Waals surface area contributed by atoms with E-state index < -0.39 is 0 Å². The molecule has 11 aromatic rings. The van der Waals surface area contributed by atoms with Crippen LogP contribution < -0.4 is 25.5 Å². The second kappa shape index (κ2) is 18.1. The number of hydrogen-bond acceptors (Lipinski definition) is 3. The van der Waals surface area contributed by atoms with Crippen molar-refractivity contribution in [1.29, 1.82) is 0 Å². The zero-order valence-electron chi connectivity index (χ0n) is 49.7. The number of hydrogen-bond donors (Lipinski definition) is 0. The Morgan fingerprint density at radius 1 is 0.325 bits per heavy atom. The van der Waals surface area contributed by atoms with Crippen LogP contribution in [0.25, 0.3) is 64.7 Å². The van der Waals surface area contributed by atoms with Gasteiger partial charge in [-0.2, -0.15) is 0 Å². The second-order valence-electron chi connectivity index (χ2n) is 28.3. The van der Waals surface area contributed by atoms with E-state index in [1.807, 2.05) is 11.3 Å². The van der Waals surface area contributed by atoms with Crippen molar-refractivity contribution in [2.45, 2.75) is 131 Å². The molecule has 0 saturated heterocycles. The highest BCUT2D eigenvalue weighted by atomic mass is 32.1. The largest absolute Gasteiger partial charge is 0.311 e. The molecule has 0 amide bonds. The number of fused-ring (bicyclic) bond motifs is 12. The van der Waals surface area contributed by atoms with Crippen LogP contribution >= 0.6 is 11.3 Å². The van der Waals surface area contributed by atoms with Gasteiger partial charge in [-0.3, -0.25) is 0 Å². The first-order valence-corrected chi connectivity index (χ1v) is 29.8. The van der Waals surface area contributed by atoms with Gasteiger partial charge in [-0.25, -0.2) is 0 Å². The van der Waals surface area contributed by atoms with Crippen LogP contribution in [0.4, 0.5) is 34.1 Å². The van der Waals surface area contributed by atoms with Crippen molar-refractivity contribution < 1.29 is 0 Å². The highest BCUT2D eigenvalue weighted by Crippen LogP contribution is 2.52. The van der Waals surface area contributed by atoms with Gasteiger partial charge in [0.1, 0.15) is 0 Å². The van der Waals surface area contributed by atoms with Crippen LogP contribution in [0, 0.1) is 0 Å². The lowest BCUT2D eigenvalue weighted by Crippen LogP contribution is -2.60. The molecule has 0 bridgehead atoms. The number of benzene rings is 10. The third-order valence-corrected chi connectivity index (χ3v) is 18.8. The Morgan fingerprint density at radius 3 is 1.44 bits per heavy atom. The fourth-order valence-electron chi connectivity index (χ4n) is 12.9. The molecule has 3 heterocycles. The minimum atomic E-state index is -0.0837. The van der Waals surface area contributed by atoms with Crippen molar-refractivity contribution in [3.8, 4) is 22.3 Å². The van der Waals surface area contributed by atoms with Gasteiger partial charge in [0, 0.05) is 43.2 Å². The molecular formula is C76H75BN2S. The zero-order chi connectivity index (χ0) is 56.2. The Labute approximate surface area is 480 Å². The van der Waals surface area contributed by atoms with Gasteiger partial charge < -0.3 is 9.80 Å². The van der Waals surface area contributed by atoms with Crippen molar-refractivity contribution in [2.24, 2.45) is 0 Å². The number of anilines is 6. The summed E-state index contributed by atoms with van der Waals surface area (Å²) >= 11 is 1.99. The van der Waals surface area contributed by atoms with Gasteiger partial charge in [0.15, 0.2) is 0 Å². The second-order valence-corrected chi connectivity index (χ2v) is 29.4. The molecule has 0 spiro atoms. The van der Waals surface area contributed by atoms with E-state index in [1.54, 1.807) is 0 Å². The van der Waals surface area contributed by atoms with Crippen LogP contribution in [0.5, 0.6) is 0 Å². The Balaban J connectivity index is 1.11. The Hall–Kier alpha value is -7.40. The Kier molecular flexibility index (Phi) is 11.7. The molecule has 2 aliphatic heterocycles. The van der Waals surface area contributed by atoms with Gasteiger partial charge in [0.2, 0.25) is 0 Å². The minimum absolute atomic E-state index is 0.00155. The van der Waals surface area contributed by atoms with Gasteiger partial charge in [-0.05, 0) is 175 Å². The molecule has 80 heavy (non-hydrogen) atoms. The summed E-state index contributed by atoms with van der Waals surface area (Å²) in [6, 6.07) is 71.1. The van der Waals surface area contributed by atoms with E-state index in [1.165, 1.54) is 137 Å². The molecule has 2 aliphatic rings. The van der Waals surface area contributed by atoms with Crippen molar-refractivity contribution in [3.05, 3.63) is 210 Å². The molecule has 2 nitrogen and oxygen atoms in total. The number of rotatable bonds is 4. The highest BCUT2D eigenvalue weighted by molar-refractivity contribution is 7.33. The normalized spacial score (nSPS) is 13.9. The van der Waals surface area contributed by atoms with Gasteiger partial charge >= 0.3 is 0 Å². The molecule has 10 aromatic carbocycles. The third kappa shape index (κ3) is 8.50. The molecule has 0 saturated carbocycles. The van der Waals surface area contributed by atoms with E-state index in [-0.39, 0.29) is 33.8 Å². The molecule has 0 fully saturated rings. The maximum absolute atomic E-state index is 2.69. The molecular weight excluding hydrogens is 984 g/mol. The maximum Gasteiger partial charge on any atom is 0.264 e. The van der Waals surface area contributed by atoms with Crippen molar-refractivity contribution in [2.75, 3.05) is 9.80 Å². The Morgan fingerprint density at radius 2 is 0.838 bits per heavy atom. The molecule has 0 radical (unpaired) electrons. The summed E-state index contributed by atoms with van der Waals surface area (Å²) in [5, 5.41) is 9.02. The molecule has 0 atom stereocenters. The van der Waals surface area contributed by atoms with Gasteiger partial charge in [0.05, 0.1) is 11.4 Å². The van der Waals surface area contributed by atoms with Crippen LogP contribution in [0.3, 0.4) is 0 Å². The van der Waals surface area contributed by atoms with E-state index in [0.29, 0.717) is 0 Å². The third-order valence-electron chi connectivity index (χ3n) is 17.6. The van der Waals surface area contributed by atoms with E-state index >= 15 is 0 Å². The summed E-state index contributed by atoms with van der Waals surface area (Å²) in [6.45, 7) is 35.2. The van der Waals surface area contributed by atoms with Crippen LogP contribution in [0.15, 0.2) is 182 Å². The monoisotopic (exact) mass is 1060 g/mol. The van der Waals surface area contributed by atoms with Crippen LogP contribution in [0.1, 0.15) is 132 Å². The lowest BCUT2D eigenvalue weighted by molar-refractivity contribution is 0.569. The lowest BCUT2D eigenvalue weighted by atomic mass is 9.36. The van der Waals surface area contributed by atoms with Gasteiger partial charge in [-0.1, -0.05) is 225 Å². The predicted molar refractivity (Wildman–Crippen MR) is 353 cm³/mol. The summed E-state index contributed by atoms with van der Waals surface area (Å²) in [6.07, 6.45) is 0. The zero-order valence-corrected chi connectivity index (χ0v) is 50.5. The smallest absolute Gasteiger partial charge is 0.264 e. The average molecular weight is 1060 g/mol. The van der Waals surface area contributed by atoms with Crippen LogP contribution in [-0.4, -0.2) is 6.71 Å². The standard InChI is InChI=1S/C76H75BN2S/c1-72(2,3)49-31-35-64(60(43-49)47-30-34-59-57-26-17-16-24-55(57)56-25-18-19-27-58(56)61(59)41-47)79-67-29-21-28-66-69(67)77(71-70(79)62-44-50(73(4,5)6)33-37-68(62)80-71)63-45-51(74(7,8)9)32-36-65(63)78(66)54-23-20-22-46(40-54)48-38-52(75(10,11)12)42-53(39-48)76(13,14)15/h16-45H,1-15H3. The quantitative estimate of drug-likeness (QED) is 0.128. The SMILES string of the molecule is CC(C)(C)c1cc(-c2cccc(N3c4ccc(C(C)(C)C)cc4B4c5sc6ccc(C(C)(C)C)cc6c5N(c5ccc(C(C)(C)C)cc5-c5ccc6c7ccccc7c7ccccc7c6c5)c5cccc3c54)c2)cc(C(C)(C)C)c1. The summed E-state index contributed by atoms with van der Waals surface area (Å²) in [5.74, 6) is 0. The molecule has 4 heteroatoms. The van der Waals surface area contributed by atoms with E-state index in [0.717, 1.165) is 5.69 Å². The first kappa shape index (κ1) is 52.0. The maximum atomic E-state index is 2.69. The first-order chi connectivity index (χ1) is 37.8. The van der Waals surface area contributed by atoms with Crippen molar-refractivity contribution in [3.63, 3.8) is 0 Å². The van der Waals surface area contributed by atoms with Gasteiger partial charge in [-0.15, -0.1) is 11.3 Å². The molecule has 0 N–H and O–H groups in total. The van der Waals surface area contributed by atoms with E-state index in [9.17, 15) is 0 Å². The fraction of sp³-hybridized carbons (Fsp3) is 0.263. The van der Waals surface area contributed by atoms with Crippen LogP contribution in [-0.2, 0) is 27.1 Å². The van der Waals surface area contributed by atoms with E-state index in [4.69, 9.17) is 0 Å². The van der Waals surface area contributed by atoms with Gasteiger partial charge in [0.25, 0.3) is 6.71 Å². The van der Waals surface area contributed by atoms with Crippen molar-refractivity contribution in [1.82, 2.24) is 0 Å². The summed E-state index contributed by atoms with van der Waals surface area (Å²) in [4.78, 5) is 5.29. The predicted octanol–water partition coefficient (Wildman–Crippen LogP) is 20.3. The first-order valence-electron chi connectivity index (χ1n) is 29.0. The summed E-state index contributed by atoms with van der Waals surface area (Å²) < 4.78 is 2.71. The summed E-state index contributed by atoms with van der Waals surface area (Å²) in [5.41, 5.74) is 21.5. The molecule has 398 valence electrons. The number of thiophene rings is 1. The Bertz CT molecular complexity index is 4280. The molecule has 0 aliphatic carbocycles. The minimum Gasteiger partial charge on any atom is -0.311 e. The van der Waals surface area contributed by atoms with Crippen molar-refractivity contribution >= 4 is 110 Å². The highest BCUT2D eigenvalue weighted by Gasteiger charge is 2.46. The number of nitrogens with zero attached hydrogens (tertiary/aromatic N) is 2.